The lowest BCUT2D eigenvalue weighted by Gasteiger charge is -2.14. The van der Waals surface area contributed by atoms with Gasteiger partial charge in [0.15, 0.2) is 0 Å². The van der Waals surface area contributed by atoms with E-state index in [-0.39, 0.29) is 23.6 Å². The van der Waals surface area contributed by atoms with Crippen molar-refractivity contribution in [2.75, 3.05) is 6.61 Å². The quantitative estimate of drug-likeness (QED) is 0.625. The molecule has 1 aliphatic carbocycles. The number of carbonyl (C=O) groups excluding carboxylic acids is 2. The Balaban J connectivity index is 2.57. The lowest BCUT2D eigenvalue weighted by atomic mass is 9.94. The Morgan fingerprint density at radius 3 is 2.69 bits per heavy atom. The maximum Gasteiger partial charge on any atom is 0.309 e. The maximum atomic E-state index is 11.4. The minimum atomic E-state index is -0.194. The van der Waals surface area contributed by atoms with Crippen molar-refractivity contribution in [2.45, 2.75) is 33.1 Å². The molecule has 13 heavy (non-hydrogen) atoms. The van der Waals surface area contributed by atoms with Gasteiger partial charge in [0.25, 0.3) is 0 Å². The molecule has 0 aromatic rings. The van der Waals surface area contributed by atoms with Crippen LogP contribution in [0, 0.1) is 11.8 Å². The van der Waals surface area contributed by atoms with Crippen LogP contribution in [0.5, 0.6) is 0 Å². The molecular formula is C10H16O3. The molecule has 0 unspecified atom stereocenters. The van der Waals surface area contributed by atoms with Gasteiger partial charge in [0.2, 0.25) is 0 Å². The maximum absolute atomic E-state index is 11.4. The molecule has 0 amide bonds. The van der Waals surface area contributed by atoms with E-state index in [0.717, 1.165) is 6.42 Å². The van der Waals surface area contributed by atoms with Gasteiger partial charge in [-0.05, 0) is 12.8 Å². The molecule has 3 heteroatoms. The van der Waals surface area contributed by atoms with Crippen LogP contribution in [0.3, 0.4) is 0 Å². The molecule has 0 aliphatic heterocycles. The summed E-state index contributed by atoms with van der Waals surface area (Å²) in [6, 6.07) is 0. The second-order valence-corrected chi connectivity index (χ2v) is 3.47. The van der Waals surface area contributed by atoms with Crippen LogP contribution < -0.4 is 0 Å². The van der Waals surface area contributed by atoms with E-state index < -0.39 is 0 Å². The van der Waals surface area contributed by atoms with Crippen molar-refractivity contribution in [3.05, 3.63) is 0 Å². The molecule has 0 aromatic heterocycles. The second kappa shape index (κ2) is 4.40. The summed E-state index contributed by atoms with van der Waals surface area (Å²) in [4.78, 5) is 22.5. The molecular weight excluding hydrogens is 168 g/mol. The zero-order valence-corrected chi connectivity index (χ0v) is 8.21. The van der Waals surface area contributed by atoms with E-state index in [4.69, 9.17) is 4.74 Å². The number of ketones is 1. The van der Waals surface area contributed by atoms with Crippen molar-refractivity contribution in [3.63, 3.8) is 0 Å². The van der Waals surface area contributed by atoms with Crippen LogP contribution in [0.2, 0.25) is 0 Å². The van der Waals surface area contributed by atoms with Gasteiger partial charge in [-0.3, -0.25) is 9.59 Å². The van der Waals surface area contributed by atoms with Crippen LogP contribution >= 0.6 is 0 Å². The highest BCUT2D eigenvalue weighted by Gasteiger charge is 2.37. The molecule has 2 atom stereocenters. The van der Waals surface area contributed by atoms with Crippen molar-refractivity contribution in [1.29, 1.82) is 0 Å². The van der Waals surface area contributed by atoms with Gasteiger partial charge in [0, 0.05) is 12.8 Å². The number of rotatable bonds is 3. The van der Waals surface area contributed by atoms with Crippen molar-refractivity contribution < 1.29 is 14.3 Å². The molecule has 0 saturated heterocycles. The van der Waals surface area contributed by atoms with Crippen molar-refractivity contribution in [2.24, 2.45) is 11.8 Å². The number of ether oxygens (including phenoxy) is 1. The van der Waals surface area contributed by atoms with Crippen LogP contribution in [-0.4, -0.2) is 18.4 Å². The van der Waals surface area contributed by atoms with Gasteiger partial charge in [-0.15, -0.1) is 0 Å². The van der Waals surface area contributed by atoms with E-state index in [1.807, 2.05) is 6.92 Å². The van der Waals surface area contributed by atoms with Crippen LogP contribution in [-0.2, 0) is 14.3 Å². The lowest BCUT2D eigenvalue weighted by molar-refractivity contribution is -0.149. The van der Waals surface area contributed by atoms with E-state index in [9.17, 15) is 9.59 Å². The van der Waals surface area contributed by atoms with E-state index in [1.54, 1.807) is 6.92 Å². The van der Waals surface area contributed by atoms with Crippen molar-refractivity contribution >= 4 is 11.8 Å². The number of Topliss-reactive ketones (excluding diaryl/α,β-unsaturated/α-hetero) is 1. The van der Waals surface area contributed by atoms with Gasteiger partial charge in [-0.2, -0.15) is 0 Å². The Hall–Kier alpha value is -0.860. The number of hydrogen-bond acceptors (Lipinski definition) is 3. The summed E-state index contributed by atoms with van der Waals surface area (Å²) in [7, 11) is 0. The highest BCUT2D eigenvalue weighted by atomic mass is 16.5. The topological polar surface area (TPSA) is 43.4 Å². The molecule has 1 rings (SSSR count). The Morgan fingerprint density at radius 2 is 2.15 bits per heavy atom. The summed E-state index contributed by atoms with van der Waals surface area (Å²) in [6.07, 6.45) is 1.83. The van der Waals surface area contributed by atoms with Gasteiger partial charge in [-0.25, -0.2) is 0 Å². The first-order chi connectivity index (χ1) is 6.19. The summed E-state index contributed by atoms with van der Waals surface area (Å²) in [6.45, 7) is 4.20. The van der Waals surface area contributed by atoms with Crippen LogP contribution in [0.1, 0.15) is 33.1 Å². The van der Waals surface area contributed by atoms with Crippen LogP contribution in [0.4, 0.5) is 0 Å². The fourth-order valence-electron chi connectivity index (χ4n) is 1.88. The summed E-state index contributed by atoms with van der Waals surface area (Å²) >= 11 is 0. The lowest BCUT2D eigenvalue weighted by Crippen LogP contribution is -2.21. The molecule has 1 fully saturated rings. The van der Waals surface area contributed by atoms with E-state index >= 15 is 0 Å². The molecule has 3 nitrogen and oxygen atoms in total. The second-order valence-electron chi connectivity index (χ2n) is 3.47. The van der Waals surface area contributed by atoms with E-state index in [0.29, 0.717) is 19.4 Å². The Labute approximate surface area is 78.5 Å². The highest BCUT2D eigenvalue weighted by Crippen LogP contribution is 2.32. The van der Waals surface area contributed by atoms with E-state index in [2.05, 4.69) is 0 Å². The van der Waals surface area contributed by atoms with Crippen molar-refractivity contribution in [1.82, 2.24) is 0 Å². The third-order valence-electron chi connectivity index (χ3n) is 2.62. The average Bonchev–Trinajstić information content (AvgIpc) is 2.47. The monoisotopic (exact) mass is 184 g/mol. The standard InChI is InChI=1S/C10H16O3/c1-3-7-5-8(11)6-9(7)10(12)13-4-2/h7,9H,3-6H2,1-2H3/t7-,9+/m1/s1. The summed E-state index contributed by atoms with van der Waals surface area (Å²) in [5.74, 6) is 0.0501. The minimum Gasteiger partial charge on any atom is -0.466 e. The van der Waals surface area contributed by atoms with Crippen LogP contribution in [0.15, 0.2) is 0 Å². The molecule has 0 radical (unpaired) electrons. The Morgan fingerprint density at radius 1 is 1.46 bits per heavy atom. The molecule has 0 aromatic carbocycles. The van der Waals surface area contributed by atoms with Gasteiger partial charge >= 0.3 is 5.97 Å². The molecule has 0 N–H and O–H groups in total. The first-order valence-corrected chi connectivity index (χ1v) is 4.87. The fraction of sp³-hybridized carbons (Fsp3) is 0.800. The van der Waals surface area contributed by atoms with Gasteiger partial charge in [0.05, 0.1) is 12.5 Å². The average molecular weight is 184 g/mol. The number of carbonyl (C=O) groups is 2. The number of esters is 1. The van der Waals surface area contributed by atoms with E-state index in [1.165, 1.54) is 0 Å². The van der Waals surface area contributed by atoms with Crippen LogP contribution in [0.25, 0.3) is 0 Å². The fourth-order valence-corrected chi connectivity index (χ4v) is 1.88. The highest BCUT2D eigenvalue weighted by molar-refractivity contribution is 5.88. The SMILES string of the molecule is CCOC(=O)[C@H]1CC(=O)C[C@H]1CC. The Bertz CT molecular complexity index is 210. The summed E-state index contributed by atoms with van der Waals surface area (Å²) in [5, 5.41) is 0. The zero-order valence-electron chi connectivity index (χ0n) is 8.21. The molecule has 0 spiro atoms. The van der Waals surface area contributed by atoms with Crippen molar-refractivity contribution in [3.8, 4) is 0 Å². The predicted octanol–water partition coefficient (Wildman–Crippen LogP) is 1.55. The third-order valence-corrected chi connectivity index (χ3v) is 2.62. The zero-order chi connectivity index (χ0) is 9.84. The predicted molar refractivity (Wildman–Crippen MR) is 48.1 cm³/mol. The smallest absolute Gasteiger partial charge is 0.309 e. The normalized spacial score (nSPS) is 27.7. The number of hydrogen-bond donors (Lipinski definition) is 0. The third kappa shape index (κ3) is 2.29. The molecule has 0 heterocycles. The molecule has 1 saturated carbocycles. The molecule has 1 aliphatic rings. The first-order valence-electron chi connectivity index (χ1n) is 4.87. The summed E-state index contributed by atoms with van der Waals surface area (Å²) in [5.41, 5.74) is 0. The molecule has 74 valence electrons. The summed E-state index contributed by atoms with van der Waals surface area (Å²) < 4.78 is 4.92. The van der Waals surface area contributed by atoms with Gasteiger partial charge < -0.3 is 4.74 Å². The van der Waals surface area contributed by atoms with Gasteiger partial charge in [-0.1, -0.05) is 13.3 Å². The minimum absolute atomic E-state index is 0.169. The first kappa shape index (κ1) is 10.2. The molecule has 0 bridgehead atoms. The largest absolute Gasteiger partial charge is 0.466 e. The Kier molecular flexibility index (Phi) is 3.46. The van der Waals surface area contributed by atoms with Gasteiger partial charge in [0.1, 0.15) is 5.78 Å².